The average molecular weight is 352 g/mol. The Morgan fingerprint density at radius 2 is 2.29 bits per heavy atom. The van der Waals surface area contributed by atoms with Gasteiger partial charge in [-0.1, -0.05) is 12.1 Å². The van der Waals surface area contributed by atoms with Gasteiger partial charge >= 0.3 is 5.76 Å². The summed E-state index contributed by atoms with van der Waals surface area (Å²) in [5.74, 6) is 0.927. The number of aliphatic hydroxyl groups is 1. The highest BCUT2D eigenvalue weighted by Crippen LogP contribution is 2.30. The van der Waals surface area contributed by atoms with Crippen molar-refractivity contribution >= 4 is 28.8 Å². The van der Waals surface area contributed by atoms with Crippen LogP contribution >= 0.6 is 11.8 Å². The van der Waals surface area contributed by atoms with Crippen molar-refractivity contribution in [1.29, 1.82) is 0 Å². The fraction of sp³-hybridized carbons (Fsp3) is 0.500. The molecule has 1 atom stereocenters. The van der Waals surface area contributed by atoms with Gasteiger partial charge in [0.05, 0.1) is 24.3 Å². The van der Waals surface area contributed by atoms with Crippen LogP contribution in [0.5, 0.6) is 0 Å². The zero-order valence-corrected chi connectivity index (χ0v) is 14.0. The van der Waals surface area contributed by atoms with Gasteiger partial charge in [-0.05, 0) is 24.3 Å². The summed E-state index contributed by atoms with van der Waals surface area (Å²) < 4.78 is 12.2. The Balaban J connectivity index is 1.64. The minimum Gasteiger partial charge on any atom is -0.408 e. The number of oxazole rings is 1. The van der Waals surface area contributed by atoms with Crippen LogP contribution in [0.3, 0.4) is 0 Å². The van der Waals surface area contributed by atoms with E-state index in [1.807, 2.05) is 0 Å². The van der Waals surface area contributed by atoms with Crippen molar-refractivity contribution in [2.24, 2.45) is 0 Å². The van der Waals surface area contributed by atoms with Crippen LogP contribution in [-0.4, -0.2) is 52.4 Å². The van der Waals surface area contributed by atoms with Crippen LogP contribution < -0.4 is 11.1 Å². The van der Waals surface area contributed by atoms with Crippen LogP contribution in [0.2, 0.25) is 0 Å². The van der Waals surface area contributed by atoms with Crippen LogP contribution in [0, 0.1) is 0 Å². The number of carbonyl (C=O) groups is 1. The predicted molar refractivity (Wildman–Crippen MR) is 91.2 cm³/mol. The summed E-state index contributed by atoms with van der Waals surface area (Å²) in [5, 5.41) is 11.8. The molecule has 0 bridgehead atoms. The highest BCUT2D eigenvalue weighted by molar-refractivity contribution is 7.99. The number of aliphatic hydroxyl groups excluding tert-OH is 1. The molecular formula is C16H20N2O5S. The molecule has 1 saturated heterocycles. The first-order chi connectivity index (χ1) is 11.6. The number of hydrogen-bond donors (Lipinski definition) is 2. The molecule has 1 aromatic carbocycles. The van der Waals surface area contributed by atoms with E-state index in [9.17, 15) is 9.59 Å². The van der Waals surface area contributed by atoms with Crippen LogP contribution in [0.25, 0.3) is 11.1 Å². The molecule has 1 aromatic heterocycles. The van der Waals surface area contributed by atoms with Gasteiger partial charge in [0.25, 0.3) is 0 Å². The molecule has 2 N–H and O–H groups in total. The molecular weight excluding hydrogens is 332 g/mol. The Kier molecular flexibility index (Phi) is 5.27. The molecule has 1 fully saturated rings. The summed E-state index contributed by atoms with van der Waals surface area (Å²) in [6.45, 7) is 0.474. The summed E-state index contributed by atoms with van der Waals surface area (Å²) >= 11 is 1.76. The molecule has 2 aromatic rings. The third-order valence-corrected chi connectivity index (χ3v) is 5.27. The van der Waals surface area contributed by atoms with Crippen LogP contribution in [-0.2, 0) is 16.1 Å². The van der Waals surface area contributed by atoms with E-state index in [4.69, 9.17) is 14.3 Å². The highest BCUT2D eigenvalue weighted by Gasteiger charge is 2.35. The third-order valence-electron chi connectivity index (χ3n) is 4.05. The summed E-state index contributed by atoms with van der Waals surface area (Å²) in [6.07, 6.45) is 0.826. The Morgan fingerprint density at radius 3 is 3.04 bits per heavy atom. The van der Waals surface area contributed by atoms with E-state index in [1.165, 1.54) is 4.57 Å². The molecule has 0 saturated carbocycles. The number of nitrogens with one attached hydrogen (secondary N) is 1. The van der Waals surface area contributed by atoms with Crippen molar-refractivity contribution in [3.05, 3.63) is 34.8 Å². The minimum atomic E-state index is -0.547. The Labute approximate surface area is 143 Å². The van der Waals surface area contributed by atoms with E-state index in [-0.39, 0.29) is 25.7 Å². The lowest BCUT2D eigenvalue weighted by molar-refractivity contribution is -0.123. The number of ether oxygens (including phenoxy) is 1. The van der Waals surface area contributed by atoms with Crippen molar-refractivity contribution in [1.82, 2.24) is 9.88 Å². The zero-order valence-electron chi connectivity index (χ0n) is 13.2. The second-order valence-corrected chi connectivity index (χ2v) is 6.86. The molecule has 24 heavy (non-hydrogen) atoms. The van der Waals surface area contributed by atoms with E-state index in [0.29, 0.717) is 17.6 Å². The van der Waals surface area contributed by atoms with Crippen molar-refractivity contribution in [3.8, 4) is 0 Å². The van der Waals surface area contributed by atoms with E-state index in [1.54, 1.807) is 36.0 Å². The molecule has 1 unspecified atom stereocenters. The molecule has 0 radical (unpaired) electrons. The summed E-state index contributed by atoms with van der Waals surface area (Å²) in [5.41, 5.74) is 0.623. The quantitative estimate of drug-likeness (QED) is 0.758. The van der Waals surface area contributed by atoms with Crippen LogP contribution in [0.1, 0.15) is 6.42 Å². The monoisotopic (exact) mass is 352 g/mol. The highest BCUT2D eigenvalue weighted by atomic mass is 32.2. The Morgan fingerprint density at radius 1 is 1.46 bits per heavy atom. The number of aromatic nitrogens is 1. The number of rotatable bonds is 7. The second-order valence-electron chi connectivity index (χ2n) is 5.76. The average Bonchev–Trinajstić information content (AvgIpc) is 3.17. The number of amides is 1. The lowest BCUT2D eigenvalue weighted by Crippen LogP contribution is -2.46. The largest absolute Gasteiger partial charge is 0.420 e. The topological polar surface area (TPSA) is 93.7 Å². The van der Waals surface area contributed by atoms with Gasteiger partial charge in [-0.15, -0.1) is 0 Å². The van der Waals surface area contributed by atoms with Gasteiger partial charge in [0.2, 0.25) is 5.91 Å². The number of fused-ring (bicyclic) bond motifs is 1. The first kappa shape index (κ1) is 17.1. The van der Waals surface area contributed by atoms with Gasteiger partial charge < -0.3 is 19.6 Å². The fourth-order valence-corrected chi connectivity index (χ4v) is 4.14. The predicted octanol–water partition coefficient (Wildman–Crippen LogP) is 0.595. The number of benzene rings is 1. The second kappa shape index (κ2) is 7.42. The number of hydrogen-bond acceptors (Lipinski definition) is 6. The van der Waals surface area contributed by atoms with Gasteiger partial charge in [0.1, 0.15) is 6.54 Å². The maximum absolute atomic E-state index is 12.3. The minimum absolute atomic E-state index is 0.0449. The summed E-state index contributed by atoms with van der Waals surface area (Å²) in [6, 6.07) is 7.00. The van der Waals surface area contributed by atoms with Crippen molar-refractivity contribution in [2.45, 2.75) is 18.6 Å². The third kappa shape index (κ3) is 3.66. The first-order valence-electron chi connectivity index (χ1n) is 7.81. The zero-order chi connectivity index (χ0) is 17.0. The normalized spacial score (nSPS) is 20.5. The van der Waals surface area contributed by atoms with Crippen LogP contribution in [0.4, 0.5) is 0 Å². The Hall–Kier alpha value is -1.77. The molecule has 8 heteroatoms. The number of nitrogens with zero attached hydrogens (tertiary/aromatic N) is 1. The Bertz CT molecular complexity index is 763. The number of carbonyl (C=O) groups excluding carboxylic acids is 1. The first-order valence-corrected chi connectivity index (χ1v) is 8.97. The molecule has 130 valence electrons. The smallest absolute Gasteiger partial charge is 0.408 e. The molecule has 2 heterocycles. The molecule has 7 nitrogen and oxygen atoms in total. The summed E-state index contributed by atoms with van der Waals surface area (Å²) in [7, 11) is 0. The lowest BCUT2D eigenvalue weighted by atomic mass is 10.0. The molecule has 0 aliphatic carbocycles. The van der Waals surface area contributed by atoms with Gasteiger partial charge in [0, 0.05) is 12.3 Å². The summed E-state index contributed by atoms with van der Waals surface area (Å²) in [4.78, 5) is 24.2. The number of thioether (sulfide) groups is 1. The standard InChI is InChI=1S/C16H20N2O5S/c19-6-7-22-16(5-8-24-11-16)10-17-14(20)9-18-12-3-1-2-4-13(12)23-15(18)21/h1-4,19H,5-11H2,(H,17,20). The van der Waals surface area contributed by atoms with Gasteiger partial charge in [-0.2, -0.15) is 11.8 Å². The molecule has 0 spiro atoms. The fourth-order valence-electron chi connectivity index (χ4n) is 2.78. The van der Waals surface area contributed by atoms with Gasteiger partial charge in [-0.3, -0.25) is 9.36 Å². The van der Waals surface area contributed by atoms with Crippen molar-refractivity contribution < 1.29 is 19.1 Å². The van der Waals surface area contributed by atoms with Crippen molar-refractivity contribution in [3.63, 3.8) is 0 Å². The van der Waals surface area contributed by atoms with E-state index < -0.39 is 11.4 Å². The molecule has 1 aliphatic rings. The van der Waals surface area contributed by atoms with E-state index >= 15 is 0 Å². The molecule has 1 aliphatic heterocycles. The van der Waals surface area contributed by atoms with Gasteiger partial charge in [0.15, 0.2) is 5.58 Å². The lowest BCUT2D eigenvalue weighted by Gasteiger charge is -2.28. The number of para-hydroxylation sites is 2. The van der Waals surface area contributed by atoms with Gasteiger partial charge in [-0.25, -0.2) is 4.79 Å². The maximum Gasteiger partial charge on any atom is 0.420 e. The molecule has 1 amide bonds. The van der Waals surface area contributed by atoms with E-state index in [0.717, 1.165) is 17.9 Å². The van der Waals surface area contributed by atoms with Crippen LogP contribution in [0.15, 0.2) is 33.5 Å². The molecule has 3 rings (SSSR count). The van der Waals surface area contributed by atoms with E-state index in [2.05, 4.69) is 5.32 Å². The SMILES string of the molecule is O=C(Cn1c(=O)oc2ccccc21)NCC1(OCCO)CCSC1. The van der Waals surface area contributed by atoms with Crippen molar-refractivity contribution in [2.75, 3.05) is 31.3 Å². The maximum atomic E-state index is 12.3.